The van der Waals surface area contributed by atoms with Crippen LogP contribution in [0.1, 0.15) is 22.3 Å². The van der Waals surface area contributed by atoms with E-state index in [4.69, 9.17) is 9.97 Å². The van der Waals surface area contributed by atoms with Gasteiger partial charge in [-0.3, -0.25) is 0 Å². The quantitative estimate of drug-likeness (QED) is 0.258. The number of hydrogen-bond donors (Lipinski definition) is 0. The van der Waals surface area contributed by atoms with Crippen LogP contribution in [-0.4, -0.2) is 9.97 Å². The second-order valence-corrected chi connectivity index (χ2v) is 9.38. The molecule has 0 spiro atoms. The first kappa shape index (κ1) is 21.5. The minimum absolute atomic E-state index is 0.547. The number of benzene rings is 5. The van der Waals surface area contributed by atoms with Gasteiger partial charge in [-0.25, -0.2) is 9.97 Å². The lowest BCUT2D eigenvalue weighted by Crippen LogP contribution is -2.29. The lowest BCUT2D eigenvalue weighted by atomic mass is 9.67. The van der Waals surface area contributed by atoms with Crippen molar-refractivity contribution in [3.63, 3.8) is 0 Å². The van der Waals surface area contributed by atoms with Crippen LogP contribution in [0.5, 0.6) is 0 Å². The van der Waals surface area contributed by atoms with Gasteiger partial charge in [-0.15, -0.1) is 0 Å². The van der Waals surface area contributed by atoms with E-state index in [1.807, 2.05) is 18.2 Å². The Kier molecular flexibility index (Phi) is 5.04. The Balaban J connectivity index is 1.68. The molecule has 1 heterocycles. The molecule has 2 heteroatoms. The summed E-state index contributed by atoms with van der Waals surface area (Å²) in [6.45, 7) is 0. The highest BCUT2D eigenvalue weighted by molar-refractivity contribution is 5.90. The van der Waals surface area contributed by atoms with Crippen LogP contribution in [0.15, 0.2) is 146 Å². The van der Waals surface area contributed by atoms with E-state index in [2.05, 4.69) is 127 Å². The van der Waals surface area contributed by atoms with Gasteiger partial charge in [0.15, 0.2) is 5.82 Å². The Hall–Kier alpha value is -4.82. The summed E-state index contributed by atoms with van der Waals surface area (Å²) >= 11 is 0. The van der Waals surface area contributed by atoms with Crippen molar-refractivity contribution in [2.45, 2.75) is 5.41 Å². The fourth-order valence-electron chi connectivity index (χ4n) is 5.83. The molecule has 6 aromatic rings. The van der Waals surface area contributed by atoms with Crippen LogP contribution in [0.25, 0.3) is 33.9 Å². The smallest absolute Gasteiger partial charge is 0.160 e. The summed E-state index contributed by atoms with van der Waals surface area (Å²) in [6, 6.07) is 51.1. The Morgan fingerprint density at radius 2 is 0.865 bits per heavy atom. The van der Waals surface area contributed by atoms with Gasteiger partial charge in [-0.2, -0.15) is 0 Å². The molecule has 37 heavy (non-hydrogen) atoms. The molecule has 0 amide bonds. The zero-order valence-electron chi connectivity index (χ0n) is 20.3. The van der Waals surface area contributed by atoms with Crippen LogP contribution in [0, 0.1) is 0 Å². The van der Waals surface area contributed by atoms with Crippen LogP contribution in [0.4, 0.5) is 0 Å². The van der Waals surface area contributed by atoms with Crippen molar-refractivity contribution in [2.75, 3.05) is 0 Å². The first-order chi connectivity index (χ1) is 18.4. The fourth-order valence-corrected chi connectivity index (χ4v) is 5.83. The molecule has 1 aliphatic rings. The van der Waals surface area contributed by atoms with Gasteiger partial charge in [0.25, 0.3) is 0 Å². The maximum absolute atomic E-state index is 5.30. The summed E-state index contributed by atoms with van der Waals surface area (Å²) in [4.78, 5) is 10.6. The predicted octanol–water partition coefficient (Wildman–Crippen LogP) is 8.17. The topological polar surface area (TPSA) is 25.8 Å². The molecule has 2 nitrogen and oxygen atoms in total. The molecule has 7 rings (SSSR count). The van der Waals surface area contributed by atoms with Gasteiger partial charge in [0, 0.05) is 22.3 Å². The van der Waals surface area contributed by atoms with Gasteiger partial charge in [-0.05, 0) is 16.7 Å². The van der Waals surface area contributed by atoms with Crippen molar-refractivity contribution < 1.29 is 0 Å². The number of nitrogens with zero attached hydrogens (tertiary/aromatic N) is 2. The van der Waals surface area contributed by atoms with Crippen molar-refractivity contribution >= 4 is 0 Å². The Morgan fingerprint density at radius 3 is 1.46 bits per heavy atom. The summed E-state index contributed by atoms with van der Waals surface area (Å²) < 4.78 is 0. The minimum Gasteiger partial charge on any atom is -0.228 e. The number of aromatic nitrogens is 2. The van der Waals surface area contributed by atoms with Crippen LogP contribution >= 0.6 is 0 Å². The third-order valence-electron chi connectivity index (χ3n) is 7.36. The highest BCUT2D eigenvalue weighted by Crippen LogP contribution is 2.57. The SMILES string of the molecule is c1ccc(-c2nc(-c3ccccc3)c3c(n2)-c2ccccc2C3(c2ccccc2)c2ccccc2)cc1. The van der Waals surface area contributed by atoms with Gasteiger partial charge < -0.3 is 0 Å². The van der Waals surface area contributed by atoms with Crippen LogP contribution in [-0.2, 0) is 5.41 Å². The molecule has 174 valence electrons. The van der Waals surface area contributed by atoms with Crippen molar-refractivity contribution in [1.29, 1.82) is 0 Å². The van der Waals surface area contributed by atoms with Crippen molar-refractivity contribution in [2.24, 2.45) is 0 Å². The fraction of sp³-hybridized carbons (Fsp3) is 0.0286. The largest absolute Gasteiger partial charge is 0.228 e. The van der Waals surface area contributed by atoms with E-state index in [0.29, 0.717) is 0 Å². The minimum atomic E-state index is -0.547. The maximum atomic E-state index is 5.30. The first-order valence-corrected chi connectivity index (χ1v) is 12.6. The number of hydrogen-bond acceptors (Lipinski definition) is 2. The third kappa shape index (κ3) is 3.26. The molecular weight excluding hydrogens is 448 g/mol. The molecule has 0 N–H and O–H groups in total. The Labute approximate surface area is 217 Å². The van der Waals surface area contributed by atoms with Gasteiger partial charge in [0.05, 0.1) is 16.8 Å². The first-order valence-electron chi connectivity index (χ1n) is 12.6. The average molecular weight is 473 g/mol. The summed E-state index contributed by atoms with van der Waals surface area (Å²) in [5.74, 6) is 0.741. The zero-order valence-corrected chi connectivity index (χ0v) is 20.3. The van der Waals surface area contributed by atoms with E-state index in [1.54, 1.807) is 0 Å². The monoisotopic (exact) mass is 472 g/mol. The molecule has 5 aromatic carbocycles. The standard InChI is InChI=1S/C35H24N2/c1-5-15-25(16-6-1)32-31-33(37-34(36-32)26-17-7-2-8-18-26)29-23-13-14-24-30(29)35(31,27-19-9-3-10-20-27)28-21-11-4-12-22-28/h1-24H. The summed E-state index contributed by atoms with van der Waals surface area (Å²) in [7, 11) is 0. The molecule has 0 saturated carbocycles. The van der Waals surface area contributed by atoms with Crippen molar-refractivity contribution in [1.82, 2.24) is 9.97 Å². The van der Waals surface area contributed by atoms with Crippen LogP contribution < -0.4 is 0 Å². The molecule has 0 fully saturated rings. The molecule has 0 saturated heterocycles. The molecule has 0 unspecified atom stereocenters. The Bertz CT molecular complexity index is 1650. The van der Waals surface area contributed by atoms with Gasteiger partial charge >= 0.3 is 0 Å². The van der Waals surface area contributed by atoms with Crippen molar-refractivity contribution in [3.05, 3.63) is 168 Å². The molecular formula is C35H24N2. The van der Waals surface area contributed by atoms with E-state index < -0.39 is 5.41 Å². The van der Waals surface area contributed by atoms with Gasteiger partial charge in [0.1, 0.15) is 0 Å². The second-order valence-electron chi connectivity index (χ2n) is 9.38. The van der Waals surface area contributed by atoms with E-state index in [9.17, 15) is 0 Å². The maximum Gasteiger partial charge on any atom is 0.160 e. The summed E-state index contributed by atoms with van der Waals surface area (Å²) in [5.41, 5.74) is 9.46. The van der Waals surface area contributed by atoms with Crippen molar-refractivity contribution in [3.8, 4) is 33.9 Å². The summed E-state index contributed by atoms with van der Waals surface area (Å²) in [5, 5.41) is 0. The highest BCUT2D eigenvalue weighted by Gasteiger charge is 2.49. The third-order valence-corrected chi connectivity index (χ3v) is 7.36. The molecule has 1 aromatic heterocycles. The Morgan fingerprint density at radius 1 is 0.405 bits per heavy atom. The van der Waals surface area contributed by atoms with E-state index in [1.165, 1.54) is 16.7 Å². The van der Waals surface area contributed by atoms with Gasteiger partial charge in [-0.1, -0.05) is 146 Å². The zero-order chi connectivity index (χ0) is 24.7. The molecule has 0 radical (unpaired) electrons. The molecule has 0 bridgehead atoms. The van der Waals surface area contributed by atoms with Crippen LogP contribution in [0.2, 0.25) is 0 Å². The van der Waals surface area contributed by atoms with Crippen LogP contribution in [0.3, 0.4) is 0 Å². The molecule has 1 aliphatic carbocycles. The summed E-state index contributed by atoms with van der Waals surface area (Å²) in [6.07, 6.45) is 0. The normalized spacial score (nSPS) is 13.1. The predicted molar refractivity (Wildman–Crippen MR) is 150 cm³/mol. The van der Waals surface area contributed by atoms with E-state index >= 15 is 0 Å². The lowest BCUT2D eigenvalue weighted by Gasteiger charge is -2.34. The molecule has 0 aliphatic heterocycles. The lowest BCUT2D eigenvalue weighted by molar-refractivity contribution is 0.763. The van der Waals surface area contributed by atoms with E-state index in [0.717, 1.165) is 39.5 Å². The average Bonchev–Trinajstić information content (AvgIpc) is 3.30. The highest BCUT2D eigenvalue weighted by atomic mass is 14.9. The number of rotatable bonds is 4. The molecule has 0 atom stereocenters. The van der Waals surface area contributed by atoms with E-state index in [-0.39, 0.29) is 0 Å². The number of fused-ring (bicyclic) bond motifs is 3. The van der Waals surface area contributed by atoms with Gasteiger partial charge in [0.2, 0.25) is 0 Å². The second kappa shape index (κ2) is 8.69.